The standard InChI is InChI=1S/C30H34N6O/c31-23-33-30(34-27-15-13-26(14-16-27)25-11-5-2-6-12-25)35-28(21-24-9-3-1-4-10-24)22-29(37)32-17-20-36-18-7-8-19-36/h1-6,9-16,28H,7-8,17-22H2,(H,32,37)(H2,33,34,35). The third-order valence-electron chi connectivity index (χ3n) is 6.42. The van der Waals surface area contributed by atoms with E-state index in [0.29, 0.717) is 18.9 Å². The van der Waals surface area contributed by atoms with Gasteiger partial charge in [-0.3, -0.25) is 10.1 Å². The molecule has 1 fully saturated rings. The largest absolute Gasteiger partial charge is 0.355 e. The number of amides is 1. The zero-order valence-corrected chi connectivity index (χ0v) is 21.1. The Bertz CT molecular complexity index is 1180. The number of benzene rings is 3. The third kappa shape index (κ3) is 8.48. The van der Waals surface area contributed by atoms with Crippen LogP contribution in [0.1, 0.15) is 24.8 Å². The Labute approximate surface area is 219 Å². The van der Waals surface area contributed by atoms with E-state index in [0.717, 1.165) is 42.0 Å². The van der Waals surface area contributed by atoms with Gasteiger partial charge in [-0.05, 0) is 61.2 Å². The van der Waals surface area contributed by atoms with E-state index in [4.69, 9.17) is 4.99 Å². The molecule has 3 aromatic carbocycles. The van der Waals surface area contributed by atoms with Crippen LogP contribution in [0.4, 0.5) is 5.69 Å². The maximum Gasteiger partial charge on any atom is 0.222 e. The number of anilines is 1. The summed E-state index contributed by atoms with van der Waals surface area (Å²) in [7, 11) is 0. The highest BCUT2D eigenvalue weighted by Crippen LogP contribution is 2.21. The Hall–Kier alpha value is -4.15. The number of hydrogen-bond donors (Lipinski definition) is 3. The lowest BCUT2D eigenvalue weighted by Crippen LogP contribution is -2.36. The van der Waals surface area contributed by atoms with Crippen molar-refractivity contribution in [3.05, 3.63) is 90.5 Å². The lowest BCUT2D eigenvalue weighted by Gasteiger charge is -2.17. The van der Waals surface area contributed by atoms with Gasteiger partial charge in [-0.2, -0.15) is 5.26 Å². The van der Waals surface area contributed by atoms with Gasteiger partial charge in [0, 0.05) is 25.2 Å². The van der Waals surface area contributed by atoms with Crippen LogP contribution in [-0.4, -0.2) is 49.0 Å². The fraction of sp³-hybridized carbons (Fsp3) is 0.300. The van der Waals surface area contributed by atoms with Crippen LogP contribution in [0.25, 0.3) is 11.1 Å². The average Bonchev–Trinajstić information content (AvgIpc) is 3.44. The van der Waals surface area contributed by atoms with E-state index >= 15 is 0 Å². The summed E-state index contributed by atoms with van der Waals surface area (Å²) in [6.45, 7) is 3.73. The highest BCUT2D eigenvalue weighted by molar-refractivity contribution is 5.95. The molecule has 1 aliphatic heterocycles. The lowest BCUT2D eigenvalue weighted by atomic mass is 10.0. The van der Waals surface area contributed by atoms with Crippen molar-refractivity contribution in [1.82, 2.24) is 15.5 Å². The number of nitrogens with one attached hydrogen (secondary N) is 3. The minimum Gasteiger partial charge on any atom is -0.355 e. The molecular weight excluding hydrogens is 460 g/mol. The predicted octanol–water partition coefficient (Wildman–Crippen LogP) is 4.41. The zero-order valence-electron chi connectivity index (χ0n) is 21.1. The number of guanidine groups is 1. The molecule has 4 rings (SSSR count). The first-order valence-electron chi connectivity index (χ1n) is 12.9. The van der Waals surface area contributed by atoms with Gasteiger partial charge in [0.25, 0.3) is 0 Å². The SMILES string of the molecule is N#CNC(=NC(CC(=O)NCCN1CCCC1)Cc1ccccc1)Nc1ccc(-c2ccccc2)cc1. The van der Waals surface area contributed by atoms with E-state index in [1.54, 1.807) is 0 Å². The molecule has 1 saturated heterocycles. The highest BCUT2D eigenvalue weighted by atomic mass is 16.1. The van der Waals surface area contributed by atoms with Crippen LogP contribution in [0.5, 0.6) is 0 Å². The van der Waals surface area contributed by atoms with E-state index in [1.165, 1.54) is 12.8 Å². The van der Waals surface area contributed by atoms with E-state index in [-0.39, 0.29) is 18.4 Å². The summed E-state index contributed by atoms with van der Waals surface area (Å²) in [4.78, 5) is 19.9. The van der Waals surface area contributed by atoms with Gasteiger partial charge in [-0.1, -0.05) is 72.8 Å². The summed E-state index contributed by atoms with van der Waals surface area (Å²) in [5, 5.41) is 18.3. The van der Waals surface area contributed by atoms with Gasteiger partial charge in [0.2, 0.25) is 11.9 Å². The molecule has 0 aliphatic carbocycles. The van der Waals surface area contributed by atoms with Crippen molar-refractivity contribution in [2.24, 2.45) is 4.99 Å². The molecule has 1 aliphatic rings. The molecule has 0 aromatic heterocycles. The van der Waals surface area contributed by atoms with Crippen molar-refractivity contribution in [2.75, 3.05) is 31.5 Å². The Morgan fingerprint density at radius 3 is 2.24 bits per heavy atom. The summed E-state index contributed by atoms with van der Waals surface area (Å²) in [6, 6.07) is 27.8. The first-order chi connectivity index (χ1) is 18.2. The molecule has 0 spiro atoms. The number of carbonyl (C=O) groups is 1. The summed E-state index contributed by atoms with van der Waals surface area (Å²) in [6.07, 6.45) is 5.26. The second kappa shape index (κ2) is 13.8. The molecule has 3 N–H and O–H groups in total. The minimum atomic E-state index is -0.332. The number of carbonyl (C=O) groups excluding carboxylic acids is 1. The van der Waals surface area contributed by atoms with Crippen molar-refractivity contribution in [1.29, 1.82) is 5.26 Å². The number of nitriles is 1. The third-order valence-corrected chi connectivity index (χ3v) is 6.42. The Kier molecular flexibility index (Phi) is 9.68. The molecule has 1 atom stereocenters. The van der Waals surface area contributed by atoms with Crippen LogP contribution in [0, 0.1) is 11.5 Å². The fourth-order valence-corrected chi connectivity index (χ4v) is 4.54. The van der Waals surface area contributed by atoms with Crippen molar-refractivity contribution in [2.45, 2.75) is 31.7 Å². The van der Waals surface area contributed by atoms with Crippen molar-refractivity contribution in [3.63, 3.8) is 0 Å². The minimum absolute atomic E-state index is 0.0348. The topological polar surface area (TPSA) is 92.5 Å². The summed E-state index contributed by atoms with van der Waals surface area (Å²) in [5.41, 5.74) is 4.13. The molecular formula is C30H34N6O. The number of nitrogens with zero attached hydrogens (tertiary/aromatic N) is 3. The summed E-state index contributed by atoms with van der Waals surface area (Å²) in [5.74, 6) is 0.285. The van der Waals surface area contributed by atoms with E-state index < -0.39 is 0 Å². The fourth-order valence-electron chi connectivity index (χ4n) is 4.54. The quantitative estimate of drug-likeness (QED) is 0.168. The summed E-state index contributed by atoms with van der Waals surface area (Å²) >= 11 is 0. The first-order valence-corrected chi connectivity index (χ1v) is 12.9. The van der Waals surface area contributed by atoms with Crippen LogP contribution >= 0.6 is 0 Å². The normalized spacial score (nSPS) is 14.5. The maximum atomic E-state index is 12.8. The second-order valence-corrected chi connectivity index (χ2v) is 9.23. The Balaban J connectivity index is 1.43. The van der Waals surface area contributed by atoms with Crippen molar-refractivity contribution >= 4 is 17.6 Å². The molecule has 7 nitrogen and oxygen atoms in total. The molecule has 3 aromatic rings. The number of aliphatic imine (C=N–C) groups is 1. The van der Waals surface area contributed by atoms with Crippen LogP contribution < -0.4 is 16.0 Å². The number of likely N-dealkylation sites (tertiary alicyclic amines) is 1. The lowest BCUT2D eigenvalue weighted by molar-refractivity contribution is -0.121. The molecule has 0 bridgehead atoms. The predicted molar refractivity (Wildman–Crippen MR) is 149 cm³/mol. The van der Waals surface area contributed by atoms with E-state index in [9.17, 15) is 10.1 Å². The Morgan fingerprint density at radius 2 is 1.57 bits per heavy atom. The Morgan fingerprint density at radius 1 is 0.919 bits per heavy atom. The molecule has 1 heterocycles. The molecule has 190 valence electrons. The van der Waals surface area contributed by atoms with Crippen LogP contribution in [0.2, 0.25) is 0 Å². The van der Waals surface area contributed by atoms with Crippen molar-refractivity contribution in [3.8, 4) is 17.3 Å². The average molecular weight is 495 g/mol. The van der Waals surface area contributed by atoms with Gasteiger partial charge >= 0.3 is 0 Å². The van der Waals surface area contributed by atoms with Gasteiger partial charge in [-0.25, -0.2) is 4.99 Å². The van der Waals surface area contributed by atoms with Gasteiger partial charge in [0.1, 0.15) is 0 Å². The van der Waals surface area contributed by atoms with Gasteiger partial charge in [0.15, 0.2) is 6.19 Å². The van der Waals surface area contributed by atoms with E-state index in [1.807, 2.05) is 79.0 Å². The first kappa shape index (κ1) is 25.9. The van der Waals surface area contributed by atoms with E-state index in [2.05, 4.69) is 33.0 Å². The van der Waals surface area contributed by atoms with Crippen LogP contribution in [0.3, 0.4) is 0 Å². The number of rotatable bonds is 10. The molecule has 7 heteroatoms. The summed E-state index contributed by atoms with van der Waals surface area (Å²) < 4.78 is 0. The van der Waals surface area contributed by atoms with Gasteiger partial charge < -0.3 is 15.5 Å². The molecule has 1 amide bonds. The van der Waals surface area contributed by atoms with Gasteiger partial charge in [-0.15, -0.1) is 0 Å². The highest BCUT2D eigenvalue weighted by Gasteiger charge is 2.17. The van der Waals surface area contributed by atoms with Crippen LogP contribution in [-0.2, 0) is 11.2 Å². The second-order valence-electron chi connectivity index (χ2n) is 9.23. The molecule has 0 saturated carbocycles. The number of hydrogen-bond acceptors (Lipinski definition) is 4. The van der Waals surface area contributed by atoms with Gasteiger partial charge in [0.05, 0.1) is 6.04 Å². The monoisotopic (exact) mass is 494 g/mol. The molecule has 37 heavy (non-hydrogen) atoms. The smallest absolute Gasteiger partial charge is 0.222 e. The zero-order chi connectivity index (χ0) is 25.7. The van der Waals surface area contributed by atoms with Crippen LogP contribution in [0.15, 0.2) is 89.9 Å². The maximum absolute atomic E-state index is 12.8. The molecule has 1 unspecified atom stereocenters. The van der Waals surface area contributed by atoms with Crippen molar-refractivity contribution < 1.29 is 4.79 Å². The molecule has 0 radical (unpaired) electrons.